The van der Waals surface area contributed by atoms with E-state index in [1.54, 1.807) is 6.26 Å². The van der Waals surface area contributed by atoms with Gasteiger partial charge >= 0.3 is 0 Å². The topological polar surface area (TPSA) is 79.1 Å². The summed E-state index contributed by atoms with van der Waals surface area (Å²) in [5, 5.41) is 7.13. The first-order valence-electron chi connectivity index (χ1n) is 4.78. The number of anilines is 1. The van der Waals surface area contributed by atoms with E-state index >= 15 is 0 Å². The van der Waals surface area contributed by atoms with Gasteiger partial charge in [-0.25, -0.2) is 0 Å². The van der Waals surface area contributed by atoms with E-state index in [4.69, 9.17) is 15.6 Å². The third-order valence-corrected chi connectivity index (χ3v) is 2.29. The second-order valence-electron chi connectivity index (χ2n) is 3.52. The first-order chi connectivity index (χ1) is 6.75. The van der Waals surface area contributed by atoms with Crippen molar-refractivity contribution in [3.05, 3.63) is 12.0 Å². The molecule has 2 heterocycles. The van der Waals surface area contributed by atoms with Crippen molar-refractivity contribution < 1.29 is 4.42 Å². The third kappa shape index (κ3) is 1.86. The molecule has 1 aliphatic heterocycles. The lowest BCUT2D eigenvalue weighted by atomic mass is 10.3. The molecule has 0 radical (unpaired) electrons. The molecule has 0 spiro atoms. The van der Waals surface area contributed by atoms with E-state index in [0.717, 1.165) is 18.8 Å². The number of aromatic nitrogens is 1. The van der Waals surface area contributed by atoms with Crippen molar-refractivity contribution in [1.29, 1.82) is 5.41 Å². The van der Waals surface area contributed by atoms with E-state index in [9.17, 15) is 0 Å². The van der Waals surface area contributed by atoms with Gasteiger partial charge in [-0.15, -0.1) is 0 Å². The average Bonchev–Trinajstić information content (AvgIpc) is 2.69. The van der Waals surface area contributed by atoms with Crippen molar-refractivity contribution in [1.82, 2.24) is 4.98 Å². The zero-order chi connectivity index (χ0) is 9.97. The van der Waals surface area contributed by atoms with Gasteiger partial charge in [0.2, 0.25) is 0 Å². The average molecular weight is 194 g/mol. The van der Waals surface area contributed by atoms with Crippen LogP contribution in [0.3, 0.4) is 0 Å². The van der Waals surface area contributed by atoms with Crippen molar-refractivity contribution in [2.75, 3.05) is 18.0 Å². The van der Waals surface area contributed by atoms with Gasteiger partial charge in [0, 0.05) is 13.1 Å². The molecule has 5 heteroatoms. The molecule has 2 rings (SSSR count). The molecule has 0 atom stereocenters. The molecule has 1 aromatic rings. The lowest BCUT2D eigenvalue weighted by Crippen LogP contribution is -2.18. The van der Waals surface area contributed by atoms with Gasteiger partial charge in [-0.3, -0.25) is 5.41 Å². The SMILES string of the molecule is N=C(N)Cc1coc(N2CCCC2)n1. The highest BCUT2D eigenvalue weighted by Gasteiger charge is 2.17. The Hall–Kier alpha value is -1.52. The van der Waals surface area contributed by atoms with Crippen molar-refractivity contribution in [3.63, 3.8) is 0 Å². The van der Waals surface area contributed by atoms with Gasteiger partial charge in [-0.2, -0.15) is 4.98 Å². The Morgan fingerprint density at radius 1 is 1.57 bits per heavy atom. The second kappa shape index (κ2) is 3.69. The van der Waals surface area contributed by atoms with Gasteiger partial charge in [-0.1, -0.05) is 0 Å². The summed E-state index contributed by atoms with van der Waals surface area (Å²) in [6.45, 7) is 2.03. The summed E-state index contributed by atoms with van der Waals surface area (Å²) in [5.74, 6) is 0.117. The lowest BCUT2D eigenvalue weighted by Gasteiger charge is -2.10. The highest BCUT2D eigenvalue weighted by atomic mass is 16.4. The maximum Gasteiger partial charge on any atom is 0.297 e. The summed E-state index contributed by atoms with van der Waals surface area (Å²) >= 11 is 0. The van der Waals surface area contributed by atoms with Crippen LogP contribution >= 0.6 is 0 Å². The Bertz CT molecular complexity index is 327. The Balaban J connectivity index is 2.05. The number of hydrogen-bond donors (Lipinski definition) is 2. The van der Waals surface area contributed by atoms with Crippen molar-refractivity contribution in [3.8, 4) is 0 Å². The molecule has 0 amide bonds. The summed E-state index contributed by atoms with van der Waals surface area (Å²) in [5.41, 5.74) is 6.01. The Kier molecular flexibility index (Phi) is 2.39. The van der Waals surface area contributed by atoms with Gasteiger partial charge in [0.05, 0.1) is 18.0 Å². The zero-order valence-electron chi connectivity index (χ0n) is 7.99. The fraction of sp³-hybridized carbons (Fsp3) is 0.556. The summed E-state index contributed by atoms with van der Waals surface area (Å²) in [6, 6.07) is 0.666. The van der Waals surface area contributed by atoms with E-state index in [1.165, 1.54) is 12.8 Å². The number of nitrogens with one attached hydrogen (secondary N) is 1. The van der Waals surface area contributed by atoms with Gasteiger partial charge in [0.1, 0.15) is 6.26 Å². The molecule has 1 aromatic heterocycles. The normalized spacial score (nSPS) is 16.1. The standard InChI is InChI=1S/C9H14N4O/c10-8(11)5-7-6-14-9(12-7)13-3-1-2-4-13/h6H,1-5H2,(H3,10,11). The molecule has 14 heavy (non-hydrogen) atoms. The number of nitrogens with two attached hydrogens (primary N) is 1. The van der Waals surface area contributed by atoms with Crippen LogP contribution in [0.5, 0.6) is 0 Å². The van der Waals surface area contributed by atoms with Crippen molar-refractivity contribution >= 4 is 11.9 Å². The van der Waals surface area contributed by atoms with Gasteiger partial charge in [-0.05, 0) is 12.8 Å². The number of nitrogens with zero attached hydrogens (tertiary/aromatic N) is 2. The molecule has 0 bridgehead atoms. The molecule has 0 aromatic carbocycles. The van der Waals surface area contributed by atoms with Crippen LogP contribution in [0, 0.1) is 5.41 Å². The summed E-state index contributed by atoms with van der Waals surface area (Å²) in [6.07, 6.45) is 4.35. The van der Waals surface area contributed by atoms with E-state index < -0.39 is 0 Å². The Labute approximate surface area is 82.4 Å². The minimum absolute atomic E-state index is 0.117. The van der Waals surface area contributed by atoms with E-state index in [0.29, 0.717) is 12.4 Å². The molecular formula is C9H14N4O. The highest BCUT2D eigenvalue weighted by Crippen LogP contribution is 2.19. The van der Waals surface area contributed by atoms with Crippen LogP contribution in [-0.4, -0.2) is 23.9 Å². The summed E-state index contributed by atoms with van der Waals surface area (Å²) in [7, 11) is 0. The largest absolute Gasteiger partial charge is 0.432 e. The fourth-order valence-electron chi connectivity index (χ4n) is 1.63. The van der Waals surface area contributed by atoms with Gasteiger partial charge in [0.15, 0.2) is 0 Å². The Morgan fingerprint density at radius 3 is 2.93 bits per heavy atom. The predicted molar refractivity (Wildman–Crippen MR) is 53.6 cm³/mol. The monoisotopic (exact) mass is 194 g/mol. The minimum Gasteiger partial charge on any atom is -0.432 e. The first-order valence-corrected chi connectivity index (χ1v) is 4.78. The summed E-state index contributed by atoms with van der Waals surface area (Å²) < 4.78 is 5.31. The quantitative estimate of drug-likeness (QED) is 0.549. The van der Waals surface area contributed by atoms with E-state index in [2.05, 4.69) is 9.88 Å². The molecular weight excluding hydrogens is 180 g/mol. The fourth-order valence-corrected chi connectivity index (χ4v) is 1.63. The number of hydrogen-bond acceptors (Lipinski definition) is 4. The van der Waals surface area contributed by atoms with Crippen LogP contribution in [0.25, 0.3) is 0 Å². The van der Waals surface area contributed by atoms with Gasteiger partial charge < -0.3 is 15.1 Å². The molecule has 1 aliphatic rings. The molecule has 1 saturated heterocycles. The Morgan fingerprint density at radius 2 is 2.29 bits per heavy atom. The van der Waals surface area contributed by atoms with Crippen molar-refractivity contribution in [2.45, 2.75) is 19.3 Å². The smallest absolute Gasteiger partial charge is 0.297 e. The first kappa shape index (κ1) is 9.05. The van der Waals surface area contributed by atoms with Crippen LogP contribution in [0.1, 0.15) is 18.5 Å². The summed E-state index contributed by atoms with van der Waals surface area (Å²) in [4.78, 5) is 6.39. The van der Waals surface area contributed by atoms with Crippen LogP contribution in [0.4, 0.5) is 6.01 Å². The van der Waals surface area contributed by atoms with E-state index in [-0.39, 0.29) is 5.84 Å². The maximum atomic E-state index is 7.13. The van der Waals surface area contributed by atoms with Crippen LogP contribution in [-0.2, 0) is 6.42 Å². The van der Waals surface area contributed by atoms with Gasteiger partial charge in [0.25, 0.3) is 6.01 Å². The van der Waals surface area contributed by atoms with E-state index in [1.807, 2.05) is 0 Å². The number of rotatable bonds is 3. The third-order valence-electron chi connectivity index (χ3n) is 2.29. The van der Waals surface area contributed by atoms with Crippen LogP contribution in [0.15, 0.2) is 10.7 Å². The molecule has 3 N–H and O–H groups in total. The van der Waals surface area contributed by atoms with Crippen LogP contribution in [0.2, 0.25) is 0 Å². The number of amidine groups is 1. The molecule has 1 fully saturated rings. The maximum absolute atomic E-state index is 7.13. The number of oxazole rings is 1. The molecule has 0 aliphatic carbocycles. The highest BCUT2D eigenvalue weighted by molar-refractivity contribution is 5.78. The zero-order valence-corrected chi connectivity index (χ0v) is 7.99. The van der Waals surface area contributed by atoms with Crippen LogP contribution < -0.4 is 10.6 Å². The molecule has 76 valence electrons. The lowest BCUT2D eigenvalue weighted by molar-refractivity contribution is 0.546. The minimum atomic E-state index is 0.117. The second-order valence-corrected chi connectivity index (χ2v) is 3.52. The molecule has 0 saturated carbocycles. The predicted octanol–water partition coefficient (Wildman–Crippen LogP) is 0.753. The van der Waals surface area contributed by atoms with Crippen molar-refractivity contribution in [2.24, 2.45) is 5.73 Å². The molecule has 0 unspecified atom stereocenters. The molecule has 5 nitrogen and oxygen atoms in total.